The van der Waals surface area contributed by atoms with E-state index in [9.17, 15) is 13.6 Å². The smallest absolute Gasteiger partial charge is 0.307 e. The van der Waals surface area contributed by atoms with E-state index in [1.807, 2.05) is 0 Å². The summed E-state index contributed by atoms with van der Waals surface area (Å²) in [7, 11) is 0. The number of aromatic amines is 1. The molecule has 0 aliphatic heterocycles. The van der Waals surface area contributed by atoms with Crippen LogP contribution in [-0.2, 0) is 11.2 Å². The van der Waals surface area contributed by atoms with Gasteiger partial charge in [-0.3, -0.25) is 4.79 Å². The second kappa shape index (κ2) is 5.01. The Bertz CT molecular complexity index is 839. The van der Waals surface area contributed by atoms with Crippen LogP contribution in [0.1, 0.15) is 5.56 Å². The molecule has 3 rings (SSSR count). The van der Waals surface area contributed by atoms with Crippen molar-refractivity contribution in [2.45, 2.75) is 6.42 Å². The molecule has 0 aliphatic carbocycles. The maximum Gasteiger partial charge on any atom is 0.307 e. The maximum absolute atomic E-state index is 14.0. The highest BCUT2D eigenvalue weighted by atomic mass is 19.1. The van der Waals surface area contributed by atoms with Gasteiger partial charge in [0.25, 0.3) is 0 Å². The van der Waals surface area contributed by atoms with Crippen molar-refractivity contribution in [2.24, 2.45) is 0 Å². The largest absolute Gasteiger partial charge is 0.481 e. The molecule has 0 bridgehead atoms. The van der Waals surface area contributed by atoms with E-state index >= 15 is 0 Å². The number of aliphatic carboxylic acids is 1. The third kappa shape index (κ3) is 2.38. The van der Waals surface area contributed by atoms with Gasteiger partial charge in [-0.25, -0.2) is 8.78 Å². The number of hydrogen-bond donors (Lipinski definition) is 2. The van der Waals surface area contributed by atoms with Crippen LogP contribution in [-0.4, -0.2) is 16.1 Å². The quantitative estimate of drug-likeness (QED) is 0.771. The molecule has 0 atom stereocenters. The summed E-state index contributed by atoms with van der Waals surface area (Å²) < 4.78 is 27.0. The number of para-hydroxylation sites is 1. The molecule has 3 nitrogen and oxygen atoms in total. The molecule has 5 heteroatoms. The first-order valence-corrected chi connectivity index (χ1v) is 6.33. The first-order chi connectivity index (χ1) is 10.1. The number of aromatic nitrogens is 1. The highest BCUT2D eigenvalue weighted by Gasteiger charge is 2.18. The lowest BCUT2D eigenvalue weighted by Gasteiger charge is -2.04. The Morgan fingerprint density at radius 3 is 2.62 bits per heavy atom. The zero-order chi connectivity index (χ0) is 15.0. The molecular weight excluding hydrogens is 276 g/mol. The monoisotopic (exact) mass is 287 g/mol. The third-order valence-electron chi connectivity index (χ3n) is 3.34. The van der Waals surface area contributed by atoms with E-state index in [2.05, 4.69) is 4.98 Å². The first kappa shape index (κ1) is 13.3. The Kier molecular flexibility index (Phi) is 3.17. The van der Waals surface area contributed by atoms with Gasteiger partial charge in [-0.2, -0.15) is 0 Å². The minimum atomic E-state index is -1.01. The molecule has 0 radical (unpaired) electrons. The van der Waals surface area contributed by atoms with Crippen molar-refractivity contribution in [3.05, 3.63) is 59.7 Å². The van der Waals surface area contributed by atoms with E-state index in [-0.39, 0.29) is 12.0 Å². The van der Waals surface area contributed by atoms with Gasteiger partial charge in [0.1, 0.15) is 11.6 Å². The summed E-state index contributed by atoms with van der Waals surface area (Å²) in [6.45, 7) is 0. The van der Waals surface area contributed by atoms with E-state index in [0.717, 1.165) is 17.5 Å². The van der Waals surface area contributed by atoms with E-state index < -0.39 is 17.6 Å². The minimum absolute atomic E-state index is 0.156. The predicted octanol–water partition coefficient (Wildman–Crippen LogP) is 3.74. The molecule has 0 saturated heterocycles. The molecule has 1 heterocycles. The molecule has 2 aromatic carbocycles. The van der Waals surface area contributed by atoms with Crippen molar-refractivity contribution in [3.8, 4) is 11.3 Å². The van der Waals surface area contributed by atoms with Crippen LogP contribution in [0.4, 0.5) is 8.78 Å². The summed E-state index contributed by atoms with van der Waals surface area (Å²) >= 11 is 0. The Morgan fingerprint density at radius 2 is 1.90 bits per heavy atom. The lowest BCUT2D eigenvalue weighted by Crippen LogP contribution is -2.01. The lowest BCUT2D eigenvalue weighted by atomic mass is 10.0. The predicted molar refractivity (Wildman–Crippen MR) is 75.0 cm³/mol. The molecule has 0 unspecified atom stereocenters. The molecule has 0 saturated carbocycles. The van der Waals surface area contributed by atoms with Gasteiger partial charge in [0.2, 0.25) is 0 Å². The van der Waals surface area contributed by atoms with Crippen LogP contribution in [0.2, 0.25) is 0 Å². The Hall–Kier alpha value is -2.69. The highest BCUT2D eigenvalue weighted by molar-refractivity contribution is 5.93. The second-order valence-electron chi connectivity index (χ2n) is 4.72. The normalized spacial score (nSPS) is 11.0. The standard InChI is InChI=1S/C16H11F2NO2/c17-9-5-6-11(13(18)7-9)16-12(8-15(20)21)10-3-1-2-4-14(10)19-16/h1-7,19H,8H2,(H,20,21). The van der Waals surface area contributed by atoms with Crippen LogP contribution in [0.25, 0.3) is 22.2 Å². The summed E-state index contributed by atoms with van der Waals surface area (Å²) in [5.74, 6) is -2.41. The van der Waals surface area contributed by atoms with Crippen molar-refractivity contribution in [1.82, 2.24) is 4.98 Å². The zero-order valence-electron chi connectivity index (χ0n) is 10.9. The summed E-state index contributed by atoms with van der Waals surface area (Å²) in [5.41, 5.74) is 1.73. The topological polar surface area (TPSA) is 53.1 Å². The number of nitrogens with one attached hydrogen (secondary N) is 1. The number of fused-ring (bicyclic) bond motifs is 1. The number of benzene rings is 2. The van der Waals surface area contributed by atoms with Crippen LogP contribution < -0.4 is 0 Å². The molecule has 0 fully saturated rings. The number of carbonyl (C=O) groups is 1. The number of hydrogen-bond acceptors (Lipinski definition) is 1. The van der Waals surface area contributed by atoms with E-state index in [0.29, 0.717) is 16.8 Å². The fourth-order valence-corrected chi connectivity index (χ4v) is 2.46. The Labute approximate surface area is 118 Å². The van der Waals surface area contributed by atoms with Gasteiger partial charge in [-0.1, -0.05) is 18.2 Å². The van der Waals surface area contributed by atoms with Gasteiger partial charge < -0.3 is 10.1 Å². The summed E-state index contributed by atoms with van der Waals surface area (Å²) in [5, 5.41) is 9.78. The minimum Gasteiger partial charge on any atom is -0.481 e. The van der Waals surface area contributed by atoms with Crippen LogP contribution in [0.15, 0.2) is 42.5 Å². The summed E-state index contributed by atoms with van der Waals surface area (Å²) in [4.78, 5) is 14.1. The molecule has 2 N–H and O–H groups in total. The van der Waals surface area contributed by atoms with Crippen LogP contribution in [0.3, 0.4) is 0 Å². The molecule has 0 aliphatic rings. The van der Waals surface area contributed by atoms with Crippen molar-refractivity contribution >= 4 is 16.9 Å². The van der Waals surface area contributed by atoms with Crippen molar-refractivity contribution < 1.29 is 18.7 Å². The average molecular weight is 287 g/mol. The molecule has 1 aromatic heterocycles. The fourth-order valence-electron chi connectivity index (χ4n) is 2.46. The van der Waals surface area contributed by atoms with E-state index in [4.69, 9.17) is 5.11 Å². The summed E-state index contributed by atoms with van der Waals surface area (Å²) in [6, 6.07) is 10.4. The summed E-state index contributed by atoms with van der Waals surface area (Å²) in [6.07, 6.45) is -0.240. The van der Waals surface area contributed by atoms with Gasteiger partial charge >= 0.3 is 5.97 Å². The molecule has 106 valence electrons. The van der Waals surface area contributed by atoms with Crippen molar-refractivity contribution in [3.63, 3.8) is 0 Å². The molecule has 21 heavy (non-hydrogen) atoms. The zero-order valence-corrected chi connectivity index (χ0v) is 10.9. The third-order valence-corrected chi connectivity index (χ3v) is 3.34. The lowest BCUT2D eigenvalue weighted by molar-refractivity contribution is -0.136. The molecule has 0 amide bonds. The maximum atomic E-state index is 14.0. The Balaban J connectivity index is 2.28. The van der Waals surface area contributed by atoms with E-state index in [1.165, 1.54) is 6.07 Å². The van der Waals surface area contributed by atoms with Crippen molar-refractivity contribution in [1.29, 1.82) is 0 Å². The number of H-pyrrole nitrogens is 1. The van der Waals surface area contributed by atoms with Crippen molar-refractivity contribution in [2.75, 3.05) is 0 Å². The van der Waals surface area contributed by atoms with Gasteiger partial charge in [-0.15, -0.1) is 0 Å². The van der Waals surface area contributed by atoms with Crippen LogP contribution >= 0.6 is 0 Å². The Morgan fingerprint density at radius 1 is 1.14 bits per heavy atom. The van der Waals surface area contributed by atoms with Gasteiger partial charge in [-0.05, 0) is 23.8 Å². The van der Waals surface area contributed by atoms with Crippen LogP contribution in [0.5, 0.6) is 0 Å². The average Bonchev–Trinajstić information content (AvgIpc) is 2.77. The number of carboxylic acids is 1. The fraction of sp³-hybridized carbons (Fsp3) is 0.0625. The number of carboxylic acid groups (broad SMARTS) is 1. The van der Waals surface area contributed by atoms with Crippen LogP contribution in [0, 0.1) is 11.6 Å². The SMILES string of the molecule is O=C(O)Cc1c(-c2ccc(F)cc2F)[nH]c2ccccc12. The number of halogens is 2. The van der Waals surface area contributed by atoms with Gasteiger partial charge in [0, 0.05) is 22.5 Å². The molecular formula is C16H11F2NO2. The first-order valence-electron chi connectivity index (χ1n) is 6.33. The van der Waals surface area contributed by atoms with E-state index in [1.54, 1.807) is 24.3 Å². The number of rotatable bonds is 3. The molecule has 3 aromatic rings. The highest BCUT2D eigenvalue weighted by Crippen LogP contribution is 2.32. The van der Waals surface area contributed by atoms with Gasteiger partial charge in [0.05, 0.1) is 12.1 Å². The second-order valence-corrected chi connectivity index (χ2v) is 4.72. The molecule has 0 spiro atoms. The van der Waals surface area contributed by atoms with Gasteiger partial charge in [0.15, 0.2) is 0 Å².